The van der Waals surface area contributed by atoms with Crippen molar-refractivity contribution in [2.24, 2.45) is 7.05 Å². The van der Waals surface area contributed by atoms with Gasteiger partial charge in [-0.25, -0.2) is 9.97 Å². The second kappa shape index (κ2) is 6.19. The Balaban J connectivity index is 1.96. The van der Waals surface area contributed by atoms with E-state index in [-0.39, 0.29) is 5.75 Å². The van der Waals surface area contributed by atoms with Crippen molar-refractivity contribution in [2.75, 3.05) is 19.0 Å². The third kappa shape index (κ3) is 2.67. The van der Waals surface area contributed by atoms with Crippen LogP contribution in [0, 0.1) is 0 Å². The third-order valence-corrected chi connectivity index (χ3v) is 4.53. The second-order valence-electron chi connectivity index (χ2n) is 6.54. The molecule has 4 aromatic rings. The van der Waals surface area contributed by atoms with Crippen LogP contribution in [-0.2, 0) is 7.05 Å². The van der Waals surface area contributed by atoms with Gasteiger partial charge >= 0.3 is 0 Å². The Bertz CT molecular complexity index is 1100. The number of rotatable bonds is 3. The average molecular weight is 344 g/mol. The van der Waals surface area contributed by atoms with Gasteiger partial charge in [0.1, 0.15) is 5.75 Å². The number of aromatic hydroxyl groups is 1. The number of phenols is 1. The van der Waals surface area contributed by atoms with Crippen LogP contribution in [0.1, 0.15) is 0 Å². The van der Waals surface area contributed by atoms with Crippen LogP contribution in [0.2, 0.25) is 0 Å². The van der Waals surface area contributed by atoms with Crippen LogP contribution >= 0.6 is 0 Å². The van der Waals surface area contributed by atoms with Gasteiger partial charge in [0, 0.05) is 55.6 Å². The molecule has 4 rings (SSSR count). The van der Waals surface area contributed by atoms with Crippen LogP contribution in [0.15, 0.2) is 60.9 Å². The lowest BCUT2D eigenvalue weighted by molar-refractivity contribution is 0.477. The molecule has 0 radical (unpaired) electrons. The highest BCUT2D eigenvalue weighted by molar-refractivity contribution is 5.90. The number of aromatic nitrogens is 3. The van der Waals surface area contributed by atoms with Gasteiger partial charge in [0.05, 0.1) is 5.69 Å². The molecule has 130 valence electrons. The molecule has 0 atom stereocenters. The Labute approximate surface area is 152 Å². The summed E-state index contributed by atoms with van der Waals surface area (Å²) in [4.78, 5) is 11.1. The number of para-hydroxylation sites is 1. The predicted octanol–water partition coefficient (Wildman–Crippen LogP) is 4.07. The van der Waals surface area contributed by atoms with Crippen LogP contribution < -0.4 is 4.90 Å². The summed E-state index contributed by atoms with van der Waals surface area (Å²) in [6.45, 7) is 0. The molecule has 0 saturated heterocycles. The molecule has 0 aliphatic rings. The molecular weight excluding hydrogens is 324 g/mol. The van der Waals surface area contributed by atoms with Gasteiger partial charge in [-0.3, -0.25) is 0 Å². The number of aryl methyl sites for hydroxylation is 1. The van der Waals surface area contributed by atoms with E-state index in [9.17, 15) is 5.11 Å². The number of fused-ring (bicyclic) bond motifs is 1. The maximum Gasteiger partial charge on any atom is 0.225 e. The molecule has 26 heavy (non-hydrogen) atoms. The van der Waals surface area contributed by atoms with Crippen LogP contribution in [-0.4, -0.2) is 33.7 Å². The SMILES string of the molecule is CN(C)c1ncc(-c2ccc3c(ccn3C)c2)c(-c2ccccc2O)n1. The molecule has 2 heterocycles. The van der Waals surface area contributed by atoms with E-state index in [1.807, 2.05) is 56.6 Å². The standard InChI is InChI=1S/C21H20N4O/c1-24(2)21-22-13-17(20(23-21)16-6-4-5-7-19(16)26)14-8-9-18-15(12-14)10-11-25(18)3/h4-13,26H,1-3H3. The van der Waals surface area contributed by atoms with Gasteiger partial charge in [-0.2, -0.15) is 0 Å². The van der Waals surface area contributed by atoms with Crippen LogP contribution in [0.3, 0.4) is 0 Å². The number of anilines is 1. The van der Waals surface area contributed by atoms with Crippen LogP contribution in [0.5, 0.6) is 5.75 Å². The fourth-order valence-corrected chi connectivity index (χ4v) is 3.13. The molecule has 0 amide bonds. The second-order valence-corrected chi connectivity index (χ2v) is 6.54. The molecule has 5 nitrogen and oxygen atoms in total. The molecular formula is C21H20N4O. The van der Waals surface area contributed by atoms with Gasteiger partial charge in [-0.15, -0.1) is 0 Å². The minimum absolute atomic E-state index is 0.206. The van der Waals surface area contributed by atoms with E-state index in [4.69, 9.17) is 4.98 Å². The average Bonchev–Trinajstić information content (AvgIpc) is 3.02. The molecule has 0 aliphatic carbocycles. The van der Waals surface area contributed by atoms with Gasteiger partial charge in [0.2, 0.25) is 5.95 Å². The molecule has 0 spiro atoms. The number of hydrogen-bond donors (Lipinski definition) is 1. The Morgan fingerprint density at radius 2 is 1.81 bits per heavy atom. The first-order valence-electron chi connectivity index (χ1n) is 8.43. The van der Waals surface area contributed by atoms with Crippen LogP contribution in [0.4, 0.5) is 5.95 Å². The van der Waals surface area contributed by atoms with E-state index < -0.39 is 0 Å². The molecule has 5 heteroatoms. The zero-order chi connectivity index (χ0) is 18.3. The van der Waals surface area contributed by atoms with Gasteiger partial charge in [0.25, 0.3) is 0 Å². The van der Waals surface area contributed by atoms with Crippen molar-refractivity contribution in [3.8, 4) is 28.1 Å². The fraction of sp³-hybridized carbons (Fsp3) is 0.143. The molecule has 0 unspecified atom stereocenters. The van der Waals surface area contributed by atoms with Gasteiger partial charge in [0.15, 0.2) is 0 Å². The molecule has 0 aliphatic heterocycles. The number of nitrogens with zero attached hydrogens (tertiary/aromatic N) is 4. The van der Waals surface area contributed by atoms with E-state index in [1.54, 1.807) is 6.07 Å². The summed E-state index contributed by atoms with van der Waals surface area (Å²) < 4.78 is 2.09. The first kappa shape index (κ1) is 16.1. The van der Waals surface area contributed by atoms with E-state index in [0.717, 1.165) is 22.2 Å². The summed E-state index contributed by atoms with van der Waals surface area (Å²) in [5.41, 5.74) is 4.50. The minimum Gasteiger partial charge on any atom is -0.507 e. The van der Waals surface area contributed by atoms with Gasteiger partial charge in [-0.05, 0) is 35.9 Å². The number of phenolic OH excluding ortho intramolecular Hbond substituents is 1. The third-order valence-electron chi connectivity index (χ3n) is 4.53. The highest BCUT2D eigenvalue weighted by Crippen LogP contribution is 2.36. The lowest BCUT2D eigenvalue weighted by Crippen LogP contribution is -2.13. The smallest absolute Gasteiger partial charge is 0.225 e. The fourth-order valence-electron chi connectivity index (χ4n) is 3.13. The van der Waals surface area contributed by atoms with Crippen molar-refractivity contribution in [1.82, 2.24) is 14.5 Å². The van der Waals surface area contributed by atoms with E-state index in [1.165, 1.54) is 5.52 Å². The van der Waals surface area contributed by atoms with Gasteiger partial charge < -0.3 is 14.6 Å². The van der Waals surface area contributed by atoms with Crippen molar-refractivity contribution in [3.05, 3.63) is 60.9 Å². The minimum atomic E-state index is 0.206. The molecule has 0 fully saturated rings. The maximum atomic E-state index is 10.4. The van der Waals surface area contributed by atoms with Crippen molar-refractivity contribution >= 4 is 16.9 Å². The summed E-state index contributed by atoms with van der Waals surface area (Å²) in [5.74, 6) is 0.811. The summed E-state index contributed by atoms with van der Waals surface area (Å²) in [7, 11) is 5.84. The summed E-state index contributed by atoms with van der Waals surface area (Å²) in [6, 6.07) is 15.7. The Morgan fingerprint density at radius 3 is 2.58 bits per heavy atom. The quantitative estimate of drug-likeness (QED) is 0.608. The predicted molar refractivity (Wildman–Crippen MR) is 105 cm³/mol. The molecule has 0 saturated carbocycles. The first-order valence-corrected chi connectivity index (χ1v) is 8.43. The highest BCUT2D eigenvalue weighted by atomic mass is 16.3. The summed E-state index contributed by atoms with van der Waals surface area (Å²) in [6.07, 6.45) is 3.87. The van der Waals surface area contributed by atoms with E-state index in [0.29, 0.717) is 11.5 Å². The monoisotopic (exact) mass is 344 g/mol. The molecule has 1 N–H and O–H groups in total. The topological polar surface area (TPSA) is 54.2 Å². The zero-order valence-electron chi connectivity index (χ0n) is 15.0. The number of hydrogen-bond acceptors (Lipinski definition) is 4. The lowest BCUT2D eigenvalue weighted by Gasteiger charge is -2.15. The van der Waals surface area contributed by atoms with Gasteiger partial charge in [-0.1, -0.05) is 18.2 Å². The Hall–Kier alpha value is -3.34. The maximum absolute atomic E-state index is 10.4. The van der Waals surface area contributed by atoms with Crippen LogP contribution in [0.25, 0.3) is 33.3 Å². The summed E-state index contributed by atoms with van der Waals surface area (Å²) in [5, 5.41) is 11.5. The lowest BCUT2D eigenvalue weighted by atomic mass is 9.99. The van der Waals surface area contributed by atoms with Crippen molar-refractivity contribution in [3.63, 3.8) is 0 Å². The molecule has 2 aromatic carbocycles. The number of benzene rings is 2. The van der Waals surface area contributed by atoms with Crippen molar-refractivity contribution in [2.45, 2.75) is 0 Å². The van der Waals surface area contributed by atoms with E-state index in [2.05, 4.69) is 33.8 Å². The van der Waals surface area contributed by atoms with Crippen molar-refractivity contribution < 1.29 is 5.11 Å². The normalized spacial score (nSPS) is 11.0. The highest BCUT2D eigenvalue weighted by Gasteiger charge is 2.16. The molecule has 2 aromatic heterocycles. The van der Waals surface area contributed by atoms with E-state index >= 15 is 0 Å². The van der Waals surface area contributed by atoms with Crippen molar-refractivity contribution in [1.29, 1.82) is 0 Å². The largest absolute Gasteiger partial charge is 0.507 e. The summed E-state index contributed by atoms with van der Waals surface area (Å²) >= 11 is 0. The zero-order valence-corrected chi connectivity index (χ0v) is 15.0. The Kier molecular flexibility index (Phi) is 3.84. The Morgan fingerprint density at radius 1 is 1.00 bits per heavy atom. The molecule has 0 bridgehead atoms. The first-order chi connectivity index (χ1) is 12.5.